The van der Waals surface area contributed by atoms with Crippen LogP contribution in [0.5, 0.6) is 0 Å². The predicted molar refractivity (Wildman–Crippen MR) is 111 cm³/mol. The van der Waals surface area contributed by atoms with Crippen LogP contribution in [0.4, 0.5) is 11.6 Å². The van der Waals surface area contributed by atoms with Crippen molar-refractivity contribution in [2.24, 2.45) is 5.92 Å². The van der Waals surface area contributed by atoms with Gasteiger partial charge in [0.05, 0.1) is 5.56 Å². The third-order valence-corrected chi connectivity index (χ3v) is 4.82. The number of carbonyl (C=O) groups excluding carboxylic acids is 1. The van der Waals surface area contributed by atoms with Crippen molar-refractivity contribution >= 4 is 28.3 Å². The molecule has 29 heavy (non-hydrogen) atoms. The highest BCUT2D eigenvalue weighted by molar-refractivity contribution is 5.99. The zero-order valence-electron chi connectivity index (χ0n) is 16.1. The quantitative estimate of drug-likeness (QED) is 0.581. The molecule has 4 rings (SSSR count). The average molecular weight is 387 g/mol. The van der Waals surface area contributed by atoms with Gasteiger partial charge in [0.2, 0.25) is 5.91 Å². The number of anilines is 2. The standard InChI is InChI=1S/C22H21N5O2/c1-23-21-19-13-25-20(27-22(29)15-3-4-15)10-18(19)17(12-26-21)5-2-14-6-8-24-11-16(14)7-9-28/h6,8,10-13,15,28H,3-4,7,9H2,1H3,(H,23,26)(H,25,27,29). The first-order chi connectivity index (χ1) is 14.2. The molecule has 7 heteroatoms. The Morgan fingerprint density at radius 1 is 1.17 bits per heavy atom. The third kappa shape index (κ3) is 4.18. The lowest BCUT2D eigenvalue weighted by atomic mass is 10.1. The number of aliphatic hydroxyl groups is 1. The van der Waals surface area contributed by atoms with Gasteiger partial charge in [-0.05, 0) is 37.0 Å². The van der Waals surface area contributed by atoms with Crippen molar-refractivity contribution in [1.29, 1.82) is 0 Å². The van der Waals surface area contributed by atoms with E-state index < -0.39 is 0 Å². The predicted octanol–water partition coefficient (Wildman–Crippen LogP) is 2.35. The molecule has 3 aromatic rings. The zero-order valence-corrected chi connectivity index (χ0v) is 16.1. The van der Waals surface area contributed by atoms with Crippen LogP contribution in [0.25, 0.3) is 10.8 Å². The SMILES string of the molecule is CNc1ncc(C#Cc2ccncc2CCO)c2cc(NC(=O)C3CC3)ncc12. The summed E-state index contributed by atoms with van der Waals surface area (Å²) >= 11 is 0. The van der Waals surface area contributed by atoms with Gasteiger partial charge in [0, 0.05) is 60.7 Å². The Morgan fingerprint density at radius 3 is 2.76 bits per heavy atom. The van der Waals surface area contributed by atoms with Gasteiger partial charge < -0.3 is 15.7 Å². The molecule has 3 aromatic heterocycles. The fraction of sp³-hybridized carbons (Fsp3) is 0.273. The summed E-state index contributed by atoms with van der Waals surface area (Å²) in [6.07, 6.45) is 9.18. The topological polar surface area (TPSA) is 100 Å². The van der Waals surface area contributed by atoms with Crippen LogP contribution >= 0.6 is 0 Å². The molecule has 0 unspecified atom stereocenters. The lowest BCUT2D eigenvalue weighted by Crippen LogP contribution is -2.14. The molecule has 0 saturated heterocycles. The number of rotatable bonds is 5. The van der Waals surface area contributed by atoms with E-state index >= 15 is 0 Å². The van der Waals surface area contributed by atoms with Crippen molar-refractivity contribution in [2.45, 2.75) is 19.3 Å². The lowest BCUT2D eigenvalue weighted by Gasteiger charge is -2.09. The Morgan fingerprint density at radius 2 is 2.00 bits per heavy atom. The summed E-state index contributed by atoms with van der Waals surface area (Å²) in [4.78, 5) is 25.0. The molecule has 1 saturated carbocycles. The van der Waals surface area contributed by atoms with Crippen molar-refractivity contribution in [2.75, 3.05) is 24.3 Å². The number of fused-ring (bicyclic) bond motifs is 1. The summed E-state index contributed by atoms with van der Waals surface area (Å²) in [6, 6.07) is 3.67. The highest BCUT2D eigenvalue weighted by Crippen LogP contribution is 2.31. The van der Waals surface area contributed by atoms with Crippen molar-refractivity contribution < 1.29 is 9.90 Å². The van der Waals surface area contributed by atoms with Gasteiger partial charge in [0.25, 0.3) is 0 Å². The highest BCUT2D eigenvalue weighted by Gasteiger charge is 2.29. The maximum absolute atomic E-state index is 12.1. The van der Waals surface area contributed by atoms with Crippen LogP contribution in [0.2, 0.25) is 0 Å². The number of nitrogens with one attached hydrogen (secondary N) is 2. The maximum atomic E-state index is 12.1. The van der Waals surface area contributed by atoms with Crippen LogP contribution in [0, 0.1) is 17.8 Å². The number of carbonyl (C=O) groups is 1. The van der Waals surface area contributed by atoms with Gasteiger partial charge in [-0.2, -0.15) is 0 Å². The number of hydrogen-bond acceptors (Lipinski definition) is 6. The molecule has 146 valence electrons. The van der Waals surface area contributed by atoms with Gasteiger partial charge in [0.1, 0.15) is 11.6 Å². The van der Waals surface area contributed by atoms with Crippen molar-refractivity contribution in [3.63, 3.8) is 0 Å². The molecule has 0 spiro atoms. The van der Waals surface area contributed by atoms with E-state index in [-0.39, 0.29) is 18.4 Å². The van der Waals surface area contributed by atoms with Gasteiger partial charge in [-0.25, -0.2) is 9.97 Å². The molecule has 0 radical (unpaired) electrons. The van der Waals surface area contributed by atoms with Gasteiger partial charge in [-0.15, -0.1) is 0 Å². The summed E-state index contributed by atoms with van der Waals surface area (Å²) in [7, 11) is 1.80. The fourth-order valence-corrected chi connectivity index (χ4v) is 3.08. The van der Waals surface area contributed by atoms with Crippen molar-refractivity contribution in [3.8, 4) is 11.8 Å². The molecule has 7 nitrogen and oxygen atoms in total. The van der Waals surface area contributed by atoms with Crippen LogP contribution in [0.1, 0.15) is 29.5 Å². The van der Waals surface area contributed by atoms with Crippen LogP contribution in [-0.2, 0) is 11.2 Å². The van der Waals surface area contributed by atoms with Crippen LogP contribution in [-0.4, -0.2) is 39.6 Å². The normalized spacial score (nSPS) is 12.9. The highest BCUT2D eigenvalue weighted by atomic mass is 16.3. The van der Waals surface area contributed by atoms with Gasteiger partial charge in [-0.1, -0.05) is 11.8 Å². The number of aromatic nitrogens is 3. The lowest BCUT2D eigenvalue weighted by molar-refractivity contribution is -0.117. The van der Waals surface area contributed by atoms with Gasteiger partial charge >= 0.3 is 0 Å². The van der Waals surface area contributed by atoms with Gasteiger partial charge in [-0.3, -0.25) is 9.78 Å². The average Bonchev–Trinajstić information content (AvgIpc) is 3.58. The molecular formula is C22H21N5O2. The molecule has 1 fully saturated rings. The molecule has 0 aromatic carbocycles. The van der Waals surface area contributed by atoms with E-state index in [4.69, 9.17) is 0 Å². The Kier molecular flexibility index (Phi) is 5.36. The first-order valence-corrected chi connectivity index (χ1v) is 9.52. The summed E-state index contributed by atoms with van der Waals surface area (Å²) in [6.45, 7) is 0.0391. The Labute approximate surface area is 168 Å². The molecule has 0 bridgehead atoms. The zero-order chi connectivity index (χ0) is 20.2. The summed E-state index contributed by atoms with van der Waals surface area (Å²) in [5.74, 6) is 7.67. The number of amides is 1. The van der Waals surface area contributed by atoms with Crippen LogP contribution < -0.4 is 10.6 Å². The second-order valence-corrected chi connectivity index (χ2v) is 6.91. The summed E-state index contributed by atoms with van der Waals surface area (Å²) in [5.41, 5.74) is 2.44. The van der Waals surface area contributed by atoms with E-state index in [1.807, 2.05) is 12.1 Å². The molecular weight excluding hydrogens is 366 g/mol. The molecule has 1 aliphatic rings. The maximum Gasteiger partial charge on any atom is 0.228 e. The minimum absolute atomic E-state index is 0.0119. The third-order valence-electron chi connectivity index (χ3n) is 4.82. The van der Waals surface area contributed by atoms with Crippen LogP contribution in [0.3, 0.4) is 0 Å². The second-order valence-electron chi connectivity index (χ2n) is 6.91. The van der Waals surface area contributed by atoms with Crippen LogP contribution in [0.15, 0.2) is 36.9 Å². The van der Waals surface area contributed by atoms with Gasteiger partial charge in [0.15, 0.2) is 0 Å². The molecule has 1 amide bonds. The minimum atomic E-state index is 0.0119. The van der Waals surface area contributed by atoms with E-state index in [1.165, 1.54) is 0 Å². The Hall–Kier alpha value is -3.50. The number of pyridine rings is 3. The van der Waals surface area contributed by atoms with E-state index in [1.54, 1.807) is 31.8 Å². The van der Waals surface area contributed by atoms with Crippen molar-refractivity contribution in [1.82, 2.24) is 15.0 Å². The molecule has 1 aliphatic carbocycles. The molecule has 0 atom stereocenters. The summed E-state index contributed by atoms with van der Waals surface area (Å²) in [5, 5.41) is 16.9. The Balaban J connectivity index is 1.75. The van der Waals surface area contributed by atoms with E-state index in [9.17, 15) is 9.90 Å². The van der Waals surface area contributed by atoms with E-state index in [0.29, 0.717) is 18.1 Å². The summed E-state index contributed by atoms with van der Waals surface area (Å²) < 4.78 is 0. The number of hydrogen-bond donors (Lipinski definition) is 3. The first kappa shape index (κ1) is 18.8. The fourth-order valence-electron chi connectivity index (χ4n) is 3.08. The monoisotopic (exact) mass is 387 g/mol. The smallest absolute Gasteiger partial charge is 0.228 e. The van der Waals surface area contributed by atoms with E-state index in [0.717, 1.165) is 40.3 Å². The number of nitrogens with zero attached hydrogens (tertiary/aromatic N) is 3. The number of aliphatic hydroxyl groups excluding tert-OH is 1. The molecule has 0 aliphatic heterocycles. The second kappa shape index (κ2) is 8.25. The molecule has 3 N–H and O–H groups in total. The first-order valence-electron chi connectivity index (χ1n) is 9.52. The molecule has 3 heterocycles. The Bertz CT molecular complexity index is 1130. The van der Waals surface area contributed by atoms with Crippen molar-refractivity contribution in [3.05, 3.63) is 53.6 Å². The largest absolute Gasteiger partial charge is 0.396 e. The van der Waals surface area contributed by atoms with E-state index in [2.05, 4.69) is 37.4 Å². The minimum Gasteiger partial charge on any atom is -0.396 e.